The van der Waals surface area contributed by atoms with Gasteiger partial charge in [0.25, 0.3) is 0 Å². The third-order valence-electron chi connectivity index (χ3n) is 2.44. The lowest BCUT2D eigenvalue weighted by Gasteiger charge is -2.30. The van der Waals surface area contributed by atoms with E-state index >= 15 is 0 Å². The molecule has 0 aromatic heterocycles. The van der Waals surface area contributed by atoms with Crippen LogP contribution >= 0.6 is 11.6 Å². The van der Waals surface area contributed by atoms with Crippen molar-refractivity contribution < 1.29 is 10.2 Å². The van der Waals surface area contributed by atoms with Gasteiger partial charge in [-0.2, -0.15) is 0 Å². The molecule has 1 rings (SSSR count). The highest BCUT2D eigenvalue weighted by molar-refractivity contribution is 6.18. The van der Waals surface area contributed by atoms with E-state index in [1.807, 2.05) is 30.3 Å². The van der Waals surface area contributed by atoms with Gasteiger partial charge in [0.2, 0.25) is 0 Å². The van der Waals surface area contributed by atoms with Crippen molar-refractivity contribution in [3.8, 4) is 0 Å². The minimum atomic E-state index is -0.730. The summed E-state index contributed by atoms with van der Waals surface area (Å²) in [4.78, 5) is 0. The van der Waals surface area contributed by atoms with Gasteiger partial charge in [-0.25, -0.2) is 0 Å². The molecule has 0 unspecified atom stereocenters. The fourth-order valence-corrected chi connectivity index (χ4v) is 1.47. The van der Waals surface area contributed by atoms with Gasteiger partial charge in [-0.3, -0.25) is 0 Å². The Hall–Kier alpha value is -0.570. The van der Waals surface area contributed by atoms with Crippen LogP contribution in [-0.4, -0.2) is 22.7 Å². The van der Waals surface area contributed by atoms with Crippen LogP contribution in [0.4, 0.5) is 0 Å². The molecule has 0 amide bonds. The van der Waals surface area contributed by atoms with E-state index in [0.717, 1.165) is 5.56 Å². The Bertz CT molecular complexity index is 270. The zero-order valence-electron chi connectivity index (χ0n) is 8.15. The maximum absolute atomic E-state index is 10.00. The Kier molecular flexibility index (Phi) is 3.93. The molecule has 2 atom stereocenters. The second-order valence-electron chi connectivity index (χ2n) is 3.76. The van der Waals surface area contributed by atoms with E-state index in [-0.39, 0.29) is 12.5 Å². The van der Waals surface area contributed by atoms with Gasteiger partial charge in [-0.15, -0.1) is 11.6 Å². The number of aliphatic hydroxyl groups excluding tert-OH is 2. The van der Waals surface area contributed by atoms with Crippen LogP contribution in [0.1, 0.15) is 18.6 Å². The molecule has 14 heavy (non-hydrogen) atoms. The Balaban J connectivity index is 2.89. The van der Waals surface area contributed by atoms with Gasteiger partial charge in [0, 0.05) is 11.3 Å². The predicted octanol–water partition coefficient (Wildman–Crippen LogP) is 1.96. The van der Waals surface area contributed by atoms with E-state index in [4.69, 9.17) is 11.6 Å². The standard InChI is InChI=1S/C11H15ClO2/c1-11(7-12,8-13)10(14)9-5-3-2-4-6-9/h2-6,10,13-14H,7-8H2,1H3/t10-,11+/m0/s1. The third-order valence-corrected chi connectivity index (χ3v) is 3.05. The average Bonchev–Trinajstić information content (AvgIpc) is 2.28. The molecule has 0 aliphatic rings. The highest BCUT2D eigenvalue weighted by atomic mass is 35.5. The minimum Gasteiger partial charge on any atom is -0.396 e. The first-order valence-corrected chi connectivity index (χ1v) is 5.07. The molecular weight excluding hydrogens is 200 g/mol. The van der Waals surface area contributed by atoms with Crippen LogP contribution in [0.25, 0.3) is 0 Å². The maximum atomic E-state index is 10.00. The summed E-state index contributed by atoms with van der Waals surface area (Å²) in [6.45, 7) is 1.63. The number of alkyl halides is 1. The van der Waals surface area contributed by atoms with E-state index in [2.05, 4.69) is 0 Å². The van der Waals surface area contributed by atoms with Gasteiger partial charge < -0.3 is 10.2 Å². The molecule has 2 nitrogen and oxygen atoms in total. The molecule has 78 valence electrons. The summed E-state index contributed by atoms with van der Waals surface area (Å²) in [5, 5.41) is 19.2. The van der Waals surface area contributed by atoms with Crippen LogP contribution in [0.15, 0.2) is 30.3 Å². The van der Waals surface area contributed by atoms with Crippen LogP contribution in [0.3, 0.4) is 0 Å². The first-order chi connectivity index (χ1) is 6.64. The molecule has 0 bridgehead atoms. The Morgan fingerprint density at radius 1 is 1.36 bits per heavy atom. The predicted molar refractivity (Wildman–Crippen MR) is 57.3 cm³/mol. The lowest BCUT2D eigenvalue weighted by Crippen LogP contribution is -2.31. The van der Waals surface area contributed by atoms with Gasteiger partial charge in [-0.1, -0.05) is 37.3 Å². The SMILES string of the molecule is C[C@](CO)(CCl)[C@@H](O)c1ccccc1. The summed E-state index contributed by atoms with van der Waals surface area (Å²) < 4.78 is 0. The third kappa shape index (κ3) is 2.27. The summed E-state index contributed by atoms with van der Waals surface area (Å²) >= 11 is 5.73. The van der Waals surface area contributed by atoms with Crippen molar-refractivity contribution in [3.05, 3.63) is 35.9 Å². The maximum Gasteiger partial charge on any atom is 0.0877 e. The van der Waals surface area contributed by atoms with Crippen LogP contribution in [0, 0.1) is 5.41 Å². The van der Waals surface area contributed by atoms with Crippen molar-refractivity contribution in [3.63, 3.8) is 0 Å². The van der Waals surface area contributed by atoms with Crippen molar-refractivity contribution in [2.24, 2.45) is 5.41 Å². The van der Waals surface area contributed by atoms with Crippen molar-refractivity contribution in [1.82, 2.24) is 0 Å². The molecule has 3 heteroatoms. The Labute approximate surface area is 89.1 Å². The molecule has 0 saturated heterocycles. The summed E-state index contributed by atoms with van der Waals surface area (Å²) in [6.07, 6.45) is -0.730. The lowest BCUT2D eigenvalue weighted by molar-refractivity contribution is 0.00893. The fraction of sp³-hybridized carbons (Fsp3) is 0.455. The highest BCUT2D eigenvalue weighted by Crippen LogP contribution is 2.34. The first kappa shape index (κ1) is 11.5. The molecular formula is C11H15ClO2. The minimum absolute atomic E-state index is 0.132. The van der Waals surface area contributed by atoms with E-state index in [1.54, 1.807) is 6.92 Å². The Morgan fingerprint density at radius 3 is 2.36 bits per heavy atom. The first-order valence-electron chi connectivity index (χ1n) is 4.54. The van der Waals surface area contributed by atoms with Gasteiger partial charge in [0.15, 0.2) is 0 Å². The van der Waals surface area contributed by atoms with Crippen LogP contribution in [0.5, 0.6) is 0 Å². The van der Waals surface area contributed by atoms with Crippen molar-refractivity contribution >= 4 is 11.6 Å². The number of hydrogen-bond acceptors (Lipinski definition) is 2. The van der Waals surface area contributed by atoms with E-state index in [1.165, 1.54) is 0 Å². The second kappa shape index (κ2) is 4.78. The van der Waals surface area contributed by atoms with Gasteiger partial charge in [0.1, 0.15) is 0 Å². The largest absolute Gasteiger partial charge is 0.396 e. The number of aliphatic hydroxyl groups is 2. The van der Waals surface area contributed by atoms with Crippen molar-refractivity contribution in [2.75, 3.05) is 12.5 Å². The van der Waals surface area contributed by atoms with E-state index in [9.17, 15) is 10.2 Å². The molecule has 1 aromatic carbocycles. The van der Waals surface area contributed by atoms with E-state index < -0.39 is 11.5 Å². The van der Waals surface area contributed by atoms with Crippen LogP contribution in [0.2, 0.25) is 0 Å². The normalized spacial score (nSPS) is 17.4. The topological polar surface area (TPSA) is 40.5 Å². The molecule has 1 aromatic rings. The van der Waals surface area contributed by atoms with Crippen LogP contribution in [-0.2, 0) is 0 Å². The zero-order valence-corrected chi connectivity index (χ0v) is 8.91. The molecule has 0 heterocycles. The molecule has 0 aliphatic heterocycles. The van der Waals surface area contributed by atoms with E-state index in [0.29, 0.717) is 0 Å². The van der Waals surface area contributed by atoms with Crippen LogP contribution < -0.4 is 0 Å². The monoisotopic (exact) mass is 214 g/mol. The second-order valence-corrected chi connectivity index (χ2v) is 4.03. The number of rotatable bonds is 4. The van der Waals surface area contributed by atoms with Crippen molar-refractivity contribution in [2.45, 2.75) is 13.0 Å². The molecule has 2 N–H and O–H groups in total. The van der Waals surface area contributed by atoms with Gasteiger partial charge in [-0.05, 0) is 5.56 Å². The quantitative estimate of drug-likeness (QED) is 0.753. The average molecular weight is 215 g/mol. The summed E-state index contributed by atoms with van der Waals surface area (Å²) in [6, 6.07) is 9.23. The van der Waals surface area contributed by atoms with Gasteiger partial charge in [0.05, 0.1) is 12.7 Å². The molecule has 0 fully saturated rings. The molecule has 0 aliphatic carbocycles. The smallest absolute Gasteiger partial charge is 0.0877 e. The summed E-state index contributed by atoms with van der Waals surface area (Å²) in [5.74, 6) is 0.222. The lowest BCUT2D eigenvalue weighted by atomic mass is 9.83. The Morgan fingerprint density at radius 2 is 1.93 bits per heavy atom. The zero-order chi connectivity index (χ0) is 10.6. The number of benzene rings is 1. The molecule has 0 radical (unpaired) electrons. The molecule has 0 spiro atoms. The van der Waals surface area contributed by atoms with Gasteiger partial charge >= 0.3 is 0 Å². The fourth-order valence-electron chi connectivity index (χ4n) is 1.24. The molecule has 0 saturated carbocycles. The summed E-state index contributed by atoms with van der Waals surface area (Å²) in [7, 11) is 0. The van der Waals surface area contributed by atoms with Crippen molar-refractivity contribution in [1.29, 1.82) is 0 Å². The number of halogens is 1. The number of hydrogen-bond donors (Lipinski definition) is 2. The highest BCUT2D eigenvalue weighted by Gasteiger charge is 2.32. The summed E-state index contributed by atoms with van der Waals surface area (Å²) in [5.41, 5.74) is 0.104.